The molecule has 1 aliphatic heterocycles. The minimum absolute atomic E-state index is 0.0543. The molecule has 4 heteroatoms. The predicted octanol–water partition coefficient (Wildman–Crippen LogP) is 2.76. The van der Waals surface area contributed by atoms with Crippen LogP contribution in [0.3, 0.4) is 0 Å². The molecule has 1 aliphatic carbocycles. The molecule has 2 fully saturated rings. The second-order valence-electron chi connectivity index (χ2n) is 6.54. The molecule has 0 radical (unpaired) electrons. The summed E-state index contributed by atoms with van der Waals surface area (Å²) in [5, 5.41) is 0. The zero-order chi connectivity index (χ0) is 13.4. The summed E-state index contributed by atoms with van der Waals surface area (Å²) in [4.78, 5) is 25.3. The van der Waals surface area contributed by atoms with Crippen LogP contribution in [0.2, 0.25) is 0 Å². The first-order valence-electron chi connectivity index (χ1n) is 6.84. The zero-order valence-corrected chi connectivity index (χ0v) is 11.6. The van der Waals surface area contributed by atoms with Gasteiger partial charge in [-0.2, -0.15) is 0 Å². The van der Waals surface area contributed by atoms with E-state index in [4.69, 9.17) is 4.74 Å². The van der Waals surface area contributed by atoms with E-state index in [9.17, 15) is 9.59 Å². The highest BCUT2D eigenvalue weighted by molar-refractivity contribution is 5.72. The molecular formula is C14H23NO3. The van der Waals surface area contributed by atoms with Crippen LogP contribution >= 0.6 is 0 Å². The van der Waals surface area contributed by atoms with Gasteiger partial charge in [-0.15, -0.1) is 0 Å². The van der Waals surface area contributed by atoms with Crippen LogP contribution in [0.25, 0.3) is 0 Å². The van der Waals surface area contributed by atoms with Crippen molar-refractivity contribution in [2.45, 2.75) is 64.5 Å². The highest BCUT2D eigenvalue weighted by atomic mass is 16.6. The normalized spacial score (nSPS) is 26.6. The Hall–Kier alpha value is -1.06. The SMILES string of the molecule is CC(C)(C)OC(=O)N1CCCCC1C1(C=O)CC1. The quantitative estimate of drug-likeness (QED) is 0.711. The fraction of sp³-hybridized carbons (Fsp3) is 0.857. The van der Waals surface area contributed by atoms with E-state index in [-0.39, 0.29) is 17.6 Å². The number of hydrogen-bond acceptors (Lipinski definition) is 3. The van der Waals surface area contributed by atoms with Gasteiger partial charge in [-0.1, -0.05) is 0 Å². The Kier molecular flexibility index (Phi) is 3.39. The van der Waals surface area contributed by atoms with Crippen LogP contribution in [0.1, 0.15) is 52.9 Å². The molecule has 2 rings (SSSR count). The van der Waals surface area contributed by atoms with Crippen molar-refractivity contribution in [1.82, 2.24) is 4.90 Å². The molecule has 0 aromatic rings. The number of carbonyl (C=O) groups is 2. The summed E-state index contributed by atoms with van der Waals surface area (Å²) in [5.41, 5.74) is -0.742. The van der Waals surface area contributed by atoms with Crippen molar-refractivity contribution in [2.24, 2.45) is 5.41 Å². The summed E-state index contributed by atoms with van der Waals surface area (Å²) >= 11 is 0. The standard InChI is InChI=1S/C14H23NO3/c1-13(2,3)18-12(17)15-9-5-4-6-11(15)14(10-16)7-8-14/h10-11H,4-9H2,1-3H3. The zero-order valence-electron chi connectivity index (χ0n) is 11.6. The van der Waals surface area contributed by atoms with E-state index < -0.39 is 5.60 Å². The minimum atomic E-state index is -0.475. The molecule has 0 bridgehead atoms. The average molecular weight is 253 g/mol. The first kappa shape index (κ1) is 13.4. The molecule has 18 heavy (non-hydrogen) atoms. The number of nitrogens with zero attached hydrogens (tertiary/aromatic N) is 1. The fourth-order valence-electron chi connectivity index (χ4n) is 2.74. The molecule has 0 N–H and O–H groups in total. The van der Waals surface area contributed by atoms with Crippen LogP contribution in [0.5, 0.6) is 0 Å². The maximum atomic E-state index is 12.2. The van der Waals surface area contributed by atoms with E-state index in [2.05, 4.69) is 0 Å². The van der Waals surface area contributed by atoms with Gasteiger partial charge < -0.3 is 14.4 Å². The van der Waals surface area contributed by atoms with Gasteiger partial charge in [0.05, 0.1) is 0 Å². The molecule has 1 amide bonds. The molecule has 1 saturated heterocycles. The van der Waals surface area contributed by atoms with Gasteiger partial charge >= 0.3 is 6.09 Å². The fourth-order valence-corrected chi connectivity index (χ4v) is 2.74. The summed E-state index contributed by atoms with van der Waals surface area (Å²) in [6.45, 7) is 6.33. The Labute approximate surface area is 109 Å². The average Bonchev–Trinajstić information content (AvgIpc) is 3.07. The largest absolute Gasteiger partial charge is 0.444 e. The smallest absolute Gasteiger partial charge is 0.410 e. The van der Waals surface area contributed by atoms with Crippen molar-refractivity contribution in [3.63, 3.8) is 0 Å². The van der Waals surface area contributed by atoms with Gasteiger partial charge in [0.1, 0.15) is 11.9 Å². The van der Waals surface area contributed by atoms with Crippen LogP contribution in [-0.4, -0.2) is 35.5 Å². The van der Waals surface area contributed by atoms with Crippen molar-refractivity contribution in [3.05, 3.63) is 0 Å². The van der Waals surface area contributed by atoms with Crippen LogP contribution in [0.4, 0.5) is 4.79 Å². The molecule has 1 heterocycles. The topological polar surface area (TPSA) is 46.6 Å². The molecule has 1 saturated carbocycles. The Bertz CT molecular complexity index is 341. The molecule has 2 aliphatic rings. The van der Waals surface area contributed by atoms with Gasteiger partial charge in [-0.3, -0.25) is 0 Å². The van der Waals surface area contributed by atoms with Gasteiger partial charge in [0, 0.05) is 18.0 Å². The molecule has 0 aromatic heterocycles. The number of aldehydes is 1. The molecule has 1 atom stereocenters. The van der Waals surface area contributed by atoms with Crippen LogP contribution in [0.15, 0.2) is 0 Å². The Morgan fingerprint density at radius 1 is 1.33 bits per heavy atom. The van der Waals surface area contributed by atoms with Gasteiger partial charge in [0.2, 0.25) is 0 Å². The molecular weight excluding hydrogens is 230 g/mol. The Morgan fingerprint density at radius 2 is 2.00 bits per heavy atom. The third-order valence-electron chi connectivity index (χ3n) is 3.86. The van der Waals surface area contributed by atoms with Crippen molar-refractivity contribution in [2.75, 3.05) is 6.54 Å². The highest BCUT2D eigenvalue weighted by Crippen LogP contribution is 2.51. The van der Waals surface area contributed by atoms with Gasteiger partial charge in [-0.25, -0.2) is 4.79 Å². The van der Waals surface area contributed by atoms with Crippen LogP contribution in [-0.2, 0) is 9.53 Å². The van der Waals surface area contributed by atoms with Crippen molar-refractivity contribution >= 4 is 12.4 Å². The maximum absolute atomic E-state index is 12.2. The number of carbonyl (C=O) groups excluding carboxylic acids is 2. The lowest BCUT2D eigenvalue weighted by Crippen LogP contribution is -2.50. The number of hydrogen-bond donors (Lipinski definition) is 0. The first-order valence-corrected chi connectivity index (χ1v) is 6.84. The van der Waals surface area contributed by atoms with E-state index in [1.54, 1.807) is 4.90 Å². The monoisotopic (exact) mass is 253 g/mol. The molecule has 102 valence electrons. The molecule has 4 nitrogen and oxygen atoms in total. The molecule has 0 spiro atoms. The predicted molar refractivity (Wildman–Crippen MR) is 68.3 cm³/mol. The van der Waals surface area contributed by atoms with Gasteiger partial charge in [0.25, 0.3) is 0 Å². The summed E-state index contributed by atoms with van der Waals surface area (Å²) in [5.74, 6) is 0. The van der Waals surface area contributed by atoms with Crippen molar-refractivity contribution in [1.29, 1.82) is 0 Å². The lowest BCUT2D eigenvalue weighted by Gasteiger charge is -2.39. The second-order valence-corrected chi connectivity index (χ2v) is 6.54. The number of likely N-dealkylation sites (tertiary alicyclic amines) is 1. The third kappa shape index (κ3) is 2.68. The Balaban J connectivity index is 2.08. The third-order valence-corrected chi connectivity index (χ3v) is 3.86. The van der Waals surface area contributed by atoms with E-state index in [1.807, 2.05) is 20.8 Å². The lowest BCUT2D eigenvalue weighted by molar-refractivity contribution is -0.115. The molecule has 0 aromatic carbocycles. The van der Waals surface area contributed by atoms with E-state index in [0.717, 1.165) is 44.9 Å². The number of rotatable bonds is 2. The number of piperidine rings is 1. The number of amides is 1. The summed E-state index contributed by atoms with van der Waals surface area (Å²) in [6.07, 6.45) is 5.66. The lowest BCUT2D eigenvalue weighted by atomic mass is 9.89. The number of ether oxygens (including phenoxy) is 1. The van der Waals surface area contributed by atoms with Gasteiger partial charge in [0.15, 0.2) is 0 Å². The molecule has 1 unspecified atom stereocenters. The first-order chi connectivity index (χ1) is 8.38. The van der Waals surface area contributed by atoms with E-state index >= 15 is 0 Å². The summed E-state index contributed by atoms with van der Waals surface area (Å²) < 4.78 is 5.45. The van der Waals surface area contributed by atoms with Crippen LogP contribution in [0, 0.1) is 5.41 Å². The van der Waals surface area contributed by atoms with E-state index in [0.29, 0.717) is 0 Å². The highest BCUT2D eigenvalue weighted by Gasteiger charge is 2.53. The van der Waals surface area contributed by atoms with Crippen LogP contribution < -0.4 is 0 Å². The second kappa shape index (κ2) is 4.56. The Morgan fingerprint density at radius 3 is 2.50 bits per heavy atom. The van der Waals surface area contributed by atoms with Gasteiger partial charge in [-0.05, 0) is 52.9 Å². The summed E-state index contributed by atoms with van der Waals surface area (Å²) in [7, 11) is 0. The maximum Gasteiger partial charge on any atom is 0.410 e. The van der Waals surface area contributed by atoms with E-state index in [1.165, 1.54) is 0 Å². The van der Waals surface area contributed by atoms with Crippen molar-refractivity contribution < 1.29 is 14.3 Å². The minimum Gasteiger partial charge on any atom is -0.444 e. The van der Waals surface area contributed by atoms with Crippen molar-refractivity contribution in [3.8, 4) is 0 Å². The summed E-state index contributed by atoms with van der Waals surface area (Å²) in [6, 6.07) is 0.0543.